The van der Waals surface area contributed by atoms with Gasteiger partial charge in [-0.1, -0.05) is 5.21 Å². The number of ether oxygens (including phenoxy) is 1. The van der Waals surface area contributed by atoms with Crippen molar-refractivity contribution in [1.29, 1.82) is 0 Å². The maximum atomic E-state index is 11.0. The molecule has 16 heavy (non-hydrogen) atoms. The van der Waals surface area contributed by atoms with Crippen LogP contribution in [0.5, 0.6) is 5.75 Å². The zero-order valence-electron chi connectivity index (χ0n) is 8.83. The van der Waals surface area contributed by atoms with Crippen LogP contribution in [0.3, 0.4) is 0 Å². The van der Waals surface area contributed by atoms with Crippen molar-refractivity contribution in [1.82, 2.24) is 15.0 Å². The van der Waals surface area contributed by atoms with Gasteiger partial charge in [0.1, 0.15) is 5.75 Å². The highest BCUT2D eigenvalue weighted by Crippen LogP contribution is 2.12. The number of hydrogen-bond acceptors (Lipinski definition) is 4. The molecule has 0 atom stereocenters. The van der Waals surface area contributed by atoms with Gasteiger partial charge in [0.15, 0.2) is 12.5 Å². The van der Waals surface area contributed by atoms with Gasteiger partial charge in [-0.25, -0.2) is 4.68 Å². The highest BCUT2D eigenvalue weighted by Gasteiger charge is 1.99. The number of carbonyl (C=O) groups excluding carboxylic acids is 1. The summed E-state index contributed by atoms with van der Waals surface area (Å²) in [4.78, 5) is 11.0. The first-order chi connectivity index (χ1) is 7.75. The Hall–Kier alpha value is -2.17. The topological polar surface area (TPSA) is 57.0 Å². The molecule has 0 spiro atoms. The Morgan fingerprint density at radius 3 is 2.69 bits per heavy atom. The summed E-state index contributed by atoms with van der Waals surface area (Å²) in [7, 11) is 0. The molecule has 0 saturated carbocycles. The van der Waals surface area contributed by atoms with Crippen LogP contribution in [0, 0.1) is 0 Å². The van der Waals surface area contributed by atoms with Crippen molar-refractivity contribution < 1.29 is 9.53 Å². The zero-order valence-corrected chi connectivity index (χ0v) is 8.83. The first kappa shape index (κ1) is 10.4. The molecule has 1 aromatic heterocycles. The number of nitrogens with zero attached hydrogens (tertiary/aromatic N) is 3. The average molecular weight is 217 g/mol. The summed E-state index contributed by atoms with van der Waals surface area (Å²) in [5.74, 6) is 0.739. The summed E-state index contributed by atoms with van der Waals surface area (Å²) in [5, 5.41) is 7.42. The lowest BCUT2D eigenvalue weighted by atomic mass is 10.1. The number of Topliss-reactive ketones (excluding diaryl/α,β-unsaturated/α-hetero) is 1. The second-order valence-corrected chi connectivity index (χ2v) is 3.30. The van der Waals surface area contributed by atoms with E-state index in [0.29, 0.717) is 18.0 Å². The summed E-state index contributed by atoms with van der Waals surface area (Å²) in [6, 6.07) is 6.99. The molecule has 0 radical (unpaired) electrons. The van der Waals surface area contributed by atoms with Gasteiger partial charge in [-0.2, -0.15) is 0 Å². The summed E-state index contributed by atoms with van der Waals surface area (Å²) in [6.45, 7) is 1.84. The van der Waals surface area contributed by atoms with E-state index < -0.39 is 0 Å². The summed E-state index contributed by atoms with van der Waals surface area (Å²) in [6.07, 6.45) is 3.30. The maximum Gasteiger partial charge on any atom is 0.182 e. The van der Waals surface area contributed by atoms with Crippen LogP contribution in [0.25, 0.3) is 0 Å². The minimum Gasteiger partial charge on any atom is -0.471 e. The Labute approximate surface area is 92.7 Å². The van der Waals surface area contributed by atoms with E-state index in [1.807, 2.05) is 0 Å². The van der Waals surface area contributed by atoms with E-state index in [1.165, 1.54) is 6.92 Å². The Bertz CT molecular complexity index is 462. The van der Waals surface area contributed by atoms with Crippen LogP contribution in [0.1, 0.15) is 17.3 Å². The molecule has 2 rings (SSSR count). The van der Waals surface area contributed by atoms with Gasteiger partial charge >= 0.3 is 0 Å². The lowest BCUT2D eigenvalue weighted by molar-refractivity contribution is 0.101. The molecule has 0 aliphatic heterocycles. The minimum absolute atomic E-state index is 0.0443. The molecule has 0 fully saturated rings. The van der Waals surface area contributed by atoms with Gasteiger partial charge in [-0.15, -0.1) is 5.10 Å². The normalized spacial score (nSPS) is 10.1. The SMILES string of the molecule is CC(=O)c1ccc(OCn2ccnn2)cc1. The molecule has 0 aliphatic rings. The fourth-order valence-electron chi connectivity index (χ4n) is 1.23. The molecule has 2 aromatic rings. The van der Waals surface area contributed by atoms with E-state index in [4.69, 9.17) is 4.74 Å². The van der Waals surface area contributed by atoms with Crippen LogP contribution >= 0.6 is 0 Å². The number of carbonyl (C=O) groups is 1. The molecular formula is C11H11N3O2. The van der Waals surface area contributed by atoms with Gasteiger partial charge in [0.2, 0.25) is 0 Å². The molecule has 0 bridgehead atoms. The Balaban J connectivity index is 1.98. The number of ketones is 1. The van der Waals surface area contributed by atoms with Gasteiger partial charge in [0.25, 0.3) is 0 Å². The molecule has 0 N–H and O–H groups in total. The largest absolute Gasteiger partial charge is 0.471 e. The van der Waals surface area contributed by atoms with Crippen molar-refractivity contribution in [2.75, 3.05) is 0 Å². The van der Waals surface area contributed by atoms with Gasteiger partial charge in [-0.05, 0) is 31.2 Å². The van der Waals surface area contributed by atoms with E-state index in [1.54, 1.807) is 41.3 Å². The Morgan fingerprint density at radius 1 is 1.38 bits per heavy atom. The van der Waals surface area contributed by atoms with E-state index in [2.05, 4.69) is 10.3 Å². The zero-order chi connectivity index (χ0) is 11.4. The van der Waals surface area contributed by atoms with Crippen molar-refractivity contribution in [3.05, 3.63) is 42.2 Å². The van der Waals surface area contributed by atoms with Gasteiger partial charge < -0.3 is 4.74 Å². The van der Waals surface area contributed by atoms with Crippen molar-refractivity contribution in [2.45, 2.75) is 13.7 Å². The summed E-state index contributed by atoms with van der Waals surface area (Å²) in [5.41, 5.74) is 0.674. The molecule has 5 heteroatoms. The predicted octanol–water partition coefficient (Wildman–Crippen LogP) is 1.52. The average Bonchev–Trinajstić information content (AvgIpc) is 2.80. The van der Waals surface area contributed by atoms with Crippen molar-refractivity contribution in [2.24, 2.45) is 0 Å². The molecule has 5 nitrogen and oxygen atoms in total. The maximum absolute atomic E-state index is 11.0. The van der Waals surface area contributed by atoms with E-state index in [0.717, 1.165) is 0 Å². The van der Waals surface area contributed by atoms with Crippen LogP contribution in [0.4, 0.5) is 0 Å². The molecular weight excluding hydrogens is 206 g/mol. The van der Waals surface area contributed by atoms with Crippen molar-refractivity contribution in [3.8, 4) is 5.75 Å². The first-order valence-electron chi connectivity index (χ1n) is 4.83. The third-order valence-electron chi connectivity index (χ3n) is 2.10. The fourth-order valence-corrected chi connectivity index (χ4v) is 1.23. The van der Waals surface area contributed by atoms with Crippen LogP contribution < -0.4 is 4.74 Å². The number of rotatable bonds is 4. The van der Waals surface area contributed by atoms with Gasteiger partial charge in [0.05, 0.1) is 6.20 Å². The molecule has 0 amide bonds. The summed E-state index contributed by atoms with van der Waals surface area (Å²) >= 11 is 0. The highest BCUT2D eigenvalue weighted by molar-refractivity contribution is 5.94. The van der Waals surface area contributed by atoms with E-state index >= 15 is 0 Å². The van der Waals surface area contributed by atoms with Crippen LogP contribution in [0.2, 0.25) is 0 Å². The third-order valence-corrected chi connectivity index (χ3v) is 2.10. The molecule has 1 aromatic carbocycles. The Kier molecular flexibility index (Phi) is 2.95. The standard InChI is InChI=1S/C11H11N3O2/c1-9(15)10-2-4-11(5-3-10)16-8-14-7-6-12-13-14/h2-7H,8H2,1H3. The van der Waals surface area contributed by atoms with Gasteiger partial charge in [0, 0.05) is 11.8 Å². The second-order valence-electron chi connectivity index (χ2n) is 3.30. The monoisotopic (exact) mass is 217 g/mol. The van der Waals surface area contributed by atoms with Crippen LogP contribution in [0.15, 0.2) is 36.7 Å². The predicted molar refractivity (Wildman–Crippen MR) is 57.1 cm³/mol. The fraction of sp³-hybridized carbons (Fsp3) is 0.182. The quantitative estimate of drug-likeness (QED) is 0.728. The second kappa shape index (κ2) is 4.57. The van der Waals surface area contributed by atoms with Gasteiger partial charge in [-0.3, -0.25) is 4.79 Å². The van der Waals surface area contributed by atoms with Crippen LogP contribution in [-0.2, 0) is 6.73 Å². The lowest BCUT2D eigenvalue weighted by Crippen LogP contribution is -2.05. The van der Waals surface area contributed by atoms with Crippen molar-refractivity contribution >= 4 is 5.78 Å². The van der Waals surface area contributed by atoms with Crippen molar-refractivity contribution in [3.63, 3.8) is 0 Å². The Morgan fingerprint density at radius 2 is 2.12 bits per heavy atom. The van der Waals surface area contributed by atoms with Crippen LogP contribution in [-0.4, -0.2) is 20.8 Å². The lowest BCUT2D eigenvalue weighted by Gasteiger charge is -2.05. The molecule has 0 saturated heterocycles. The number of benzene rings is 1. The summed E-state index contributed by atoms with van der Waals surface area (Å²) < 4.78 is 7.00. The molecule has 0 aliphatic carbocycles. The minimum atomic E-state index is 0.0443. The molecule has 1 heterocycles. The number of hydrogen-bond donors (Lipinski definition) is 0. The third kappa shape index (κ3) is 2.44. The highest BCUT2D eigenvalue weighted by atomic mass is 16.5. The van der Waals surface area contributed by atoms with E-state index in [9.17, 15) is 4.79 Å². The molecule has 0 unspecified atom stereocenters. The smallest absolute Gasteiger partial charge is 0.182 e. The first-order valence-corrected chi connectivity index (χ1v) is 4.83. The molecule has 82 valence electrons. The van der Waals surface area contributed by atoms with E-state index in [-0.39, 0.29) is 5.78 Å². The number of aromatic nitrogens is 3.